The van der Waals surface area contributed by atoms with Gasteiger partial charge in [-0.05, 0) is 38.4 Å². The van der Waals surface area contributed by atoms with Gasteiger partial charge >= 0.3 is 5.97 Å². The second-order valence-corrected chi connectivity index (χ2v) is 10.3. The average Bonchev–Trinajstić information content (AvgIpc) is 3.40. The Morgan fingerprint density at radius 3 is 2.71 bits per heavy atom. The van der Waals surface area contributed by atoms with E-state index in [4.69, 9.17) is 24.5 Å². The number of carbonyl (C=O) groups is 1. The number of hydrogen-bond acceptors (Lipinski definition) is 11. The molecule has 2 saturated heterocycles. The maximum atomic E-state index is 11.8. The summed E-state index contributed by atoms with van der Waals surface area (Å²) < 4.78 is 19.2. The highest BCUT2D eigenvalue weighted by molar-refractivity contribution is 5.78. The number of ether oxygens (including phenoxy) is 3. The minimum Gasteiger partial charge on any atom is -0.487 e. The van der Waals surface area contributed by atoms with Crippen LogP contribution in [0.3, 0.4) is 0 Å². The number of carboxylic acid groups (broad SMARTS) is 1. The van der Waals surface area contributed by atoms with Crippen LogP contribution in [0.1, 0.15) is 24.8 Å². The molecule has 218 valence electrons. The number of hydrogen-bond donors (Lipinski definition) is 2. The number of piperazine rings is 1. The van der Waals surface area contributed by atoms with Crippen molar-refractivity contribution in [3.63, 3.8) is 0 Å². The molecule has 0 amide bonds. The van der Waals surface area contributed by atoms with E-state index in [2.05, 4.69) is 26.3 Å². The van der Waals surface area contributed by atoms with Crippen LogP contribution in [0.15, 0.2) is 30.7 Å². The van der Waals surface area contributed by atoms with Crippen LogP contribution in [0.5, 0.6) is 5.75 Å². The molecular weight excluding hydrogens is 528 g/mol. The average molecular weight is 565 g/mol. The predicted molar refractivity (Wildman–Crippen MR) is 150 cm³/mol. The zero-order valence-corrected chi connectivity index (χ0v) is 23.2. The molecule has 3 aromatic rings. The number of aromatic nitrogens is 4. The summed E-state index contributed by atoms with van der Waals surface area (Å²) in [6.07, 6.45) is 5.30. The number of nitriles is 1. The quantitative estimate of drug-likeness (QED) is 0.309. The van der Waals surface area contributed by atoms with Crippen LogP contribution in [0.25, 0.3) is 17.0 Å². The second kappa shape index (κ2) is 13.7. The summed E-state index contributed by atoms with van der Waals surface area (Å²) in [5, 5.41) is 22.3. The summed E-state index contributed by atoms with van der Waals surface area (Å²) in [4.78, 5) is 29.8. The molecule has 5 heterocycles. The van der Waals surface area contributed by atoms with E-state index in [9.17, 15) is 9.90 Å². The number of carboxylic acids is 1. The highest BCUT2D eigenvalue weighted by Gasteiger charge is 2.27. The van der Waals surface area contributed by atoms with Gasteiger partial charge in [-0.1, -0.05) is 0 Å². The van der Waals surface area contributed by atoms with E-state index in [1.165, 1.54) is 6.20 Å². The van der Waals surface area contributed by atoms with Crippen LogP contribution < -0.4 is 10.1 Å². The summed E-state index contributed by atoms with van der Waals surface area (Å²) in [6.45, 7) is 5.50. The molecule has 2 fully saturated rings. The summed E-state index contributed by atoms with van der Waals surface area (Å²) in [5.41, 5.74) is 1.73. The van der Waals surface area contributed by atoms with Crippen LogP contribution in [-0.4, -0.2) is 119 Å². The Hall–Kier alpha value is -3.83. The highest BCUT2D eigenvalue weighted by Crippen LogP contribution is 2.29. The van der Waals surface area contributed by atoms with E-state index in [1.807, 2.05) is 18.0 Å². The van der Waals surface area contributed by atoms with Crippen molar-refractivity contribution in [2.45, 2.75) is 31.3 Å². The number of pyridine rings is 2. The first-order valence-electron chi connectivity index (χ1n) is 14.0. The molecule has 2 N–H and O–H groups in total. The lowest BCUT2D eigenvalue weighted by Crippen LogP contribution is -2.52. The Morgan fingerprint density at radius 1 is 1.20 bits per heavy atom. The van der Waals surface area contributed by atoms with Crippen molar-refractivity contribution in [3.8, 4) is 17.6 Å². The SMILES string of the molecule is CN1CCN(C(CCOCCOc2cc3ncn(-c4ccc(C#N)cn4)c3nc2NC2CCOCC2)C(=O)O)CC1. The van der Waals surface area contributed by atoms with Crippen molar-refractivity contribution >= 4 is 23.0 Å². The minimum absolute atomic E-state index is 0.194. The smallest absolute Gasteiger partial charge is 0.321 e. The van der Waals surface area contributed by atoms with Crippen LogP contribution in [0.2, 0.25) is 0 Å². The molecule has 13 nitrogen and oxygen atoms in total. The summed E-state index contributed by atoms with van der Waals surface area (Å²) in [6, 6.07) is 7.03. The standard InChI is InChI=1S/C28H36N8O5/c1-34-7-9-35(10-8-34)23(28(37)38)6-13-40-14-15-41-24-16-22-27(33-26(24)32-21-4-11-39-12-5-21)36(19-31-22)25-3-2-20(17-29)18-30-25/h2-3,16,18-19,21,23H,4-15H2,1H3,(H,32,33)(H,37,38). The zero-order chi connectivity index (χ0) is 28.6. The number of rotatable bonds is 12. The Balaban J connectivity index is 1.23. The third-order valence-corrected chi connectivity index (χ3v) is 7.46. The van der Waals surface area contributed by atoms with Gasteiger partial charge in [0.1, 0.15) is 36.4 Å². The van der Waals surface area contributed by atoms with E-state index in [0.29, 0.717) is 67.0 Å². The van der Waals surface area contributed by atoms with Gasteiger partial charge in [0.05, 0.1) is 12.2 Å². The van der Waals surface area contributed by atoms with E-state index >= 15 is 0 Å². The lowest BCUT2D eigenvalue weighted by atomic mass is 10.1. The first-order valence-corrected chi connectivity index (χ1v) is 14.0. The lowest BCUT2D eigenvalue weighted by molar-refractivity contribution is -0.144. The van der Waals surface area contributed by atoms with Gasteiger partial charge in [0, 0.05) is 64.3 Å². The molecule has 2 aliphatic rings. The van der Waals surface area contributed by atoms with Crippen molar-refractivity contribution in [2.75, 3.05) is 71.6 Å². The molecule has 13 heteroatoms. The molecule has 0 radical (unpaired) electrons. The van der Waals surface area contributed by atoms with Gasteiger partial charge in [0.15, 0.2) is 17.2 Å². The zero-order valence-electron chi connectivity index (χ0n) is 23.2. The third-order valence-electron chi connectivity index (χ3n) is 7.46. The number of aliphatic carboxylic acids is 1. The molecule has 0 aromatic carbocycles. The molecule has 1 unspecified atom stereocenters. The highest BCUT2D eigenvalue weighted by atomic mass is 16.5. The molecule has 1 atom stereocenters. The van der Waals surface area contributed by atoms with Gasteiger partial charge in [-0.2, -0.15) is 5.26 Å². The Labute approximate surface area is 238 Å². The normalized spacial score (nSPS) is 17.8. The van der Waals surface area contributed by atoms with E-state index in [0.717, 1.165) is 39.0 Å². The number of likely N-dealkylation sites (N-methyl/N-ethyl adjacent to an activating group) is 1. The number of fused-ring (bicyclic) bond motifs is 1. The molecule has 0 bridgehead atoms. The molecule has 3 aromatic heterocycles. The Bertz CT molecular complexity index is 1340. The van der Waals surface area contributed by atoms with Gasteiger partial charge in [0.25, 0.3) is 0 Å². The van der Waals surface area contributed by atoms with E-state index < -0.39 is 12.0 Å². The van der Waals surface area contributed by atoms with Crippen LogP contribution >= 0.6 is 0 Å². The molecule has 5 rings (SSSR count). The number of anilines is 1. The van der Waals surface area contributed by atoms with Crippen LogP contribution in [0.4, 0.5) is 5.82 Å². The van der Waals surface area contributed by atoms with Gasteiger partial charge in [-0.3, -0.25) is 14.3 Å². The number of nitrogens with zero attached hydrogens (tertiary/aromatic N) is 7. The first-order chi connectivity index (χ1) is 20.0. The third kappa shape index (κ3) is 7.28. The van der Waals surface area contributed by atoms with Crippen LogP contribution in [-0.2, 0) is 14.3 Å². The van der Waals surface area contributed by atoms with Crippen molar-refractivity contribution in [1.29, 1.82) is 5.26 Å². The first kappa shape index (κ1) is 28.7. The van der Waals surface area contributed by atoms with Crippen molar-refractivity contribution in [3.05, 3.63) is 36.3 Å². The molecule has 2 aliphatic heterocycles. The number of nitrogens with one attached hydrogen (secondary N) is 1. The minimum atomic E-state index is -0.812. The summed E-state index contributed by atoms with van der Waals surface area (Å²) >= 11 is 0. The van der Waals surface area contributed by atoms with Gasteiger partial charge in [-0.25, -0.2) is 15.0 Å². The maximum Gasteiger partial charge on any atom is 0.321 e. The Kier molecular flexibility index (Phi) is 9.58. The van der Waals surface area contributed by atoms with Crippen molar-refractivity contribution < 1.29 is 24.1 Å². The largest absolute Gasteiger partial charge is 0.487 e. The fourth-order valence-corrected chi connectivity index (χ4v) is 5.04. The molecule has 0 saturated carbocycles. The summed E-state index contributed by atoms with van der Waals surface area (Å²) in [7, 11) is 2.05. The van der Waals surface area contributed by atoms with E-state index in [-0.39, 0.29) is 12.6 Å². The topological polar surface area (TPSA) is 151 Å². The lowest BCUT2D eigenvalue weighted by Gasteiger charge is -2.36. The fraction of sp³-hybridized carbons (Fsp3) is 0.536. The second-order valence-electron chi connectivity index (χ2n) is 10.3. The van der Waals surface area contributed by atoms with Gasteiger partial charge in [-0.15, -0.1) is 0 Å². The molecule has 0 spiro atoms. The monoisotopic (exact) mass is 564 g/mol. The molecule has 41 heavy (non-hydrogen) atoms. The number of imidazole rings is 1. The molecule has 0 aliphatic carbocycles. The van der Waals surface area contributed by atoms with Gasteiger partial charge < -0.3 is 29.5 Å². The fourth-order valence-electron chi connectivity index (χ4n) is 5.04. The summed E-state index contributed by atoms with van der Waals surface area (Å²) in [5.74, 6) is 0.954. The predicted octanol–water partition coefficient (Wildman–Crippen LogP) is 1.76. The van der Waals surface area contributed by atoms with Gasteiger partial charge in [0.2, 0.25) is 0 Å². The van der Waals surface area contributed by atoms with Crippen molar-refractivity contribution in [2.24, 2.45) is 0 Å². The maximum absolute atomic E-state index is 11.8. The van der Waals surface area contributed by atoms with Crippen molar-refractivity contribution in [1.82, 2.24) is 29.3 Å². The molecular formula is C28H36N8O5. The van der Waals surface area contributed by atoms with Crippen LogP contribution in [0, 0.1) is 11.3 Å². The van der Waals surface area contributed by atoms with E-state index in [1.54, 1.807) is 23.0 Å². The Morgan fingerprint density at radius 2 is 2.00 bits per heavy atom.